The van der Waals surface area contributed by atoms with Crippen LogP contribution in [0.1, 0.15) is 49.2 Å². The molecule has 2 aliphatic carbocycles. The Labute approximate surface area is 215 Å². The Morgan fingerprint density at radius 2 is 2.03 bits per heavy atom. The molecule has 4 N–H and O–H groups in total. The first-order chi connectivity index (χ1) is 16.4. The number of fused-ring (bicyclic) bond motifs is 1. The maximum absolute atomic E-state index is 13.8. The lowest BCUT2D eigenvalue weighted by Crippen LogP contribution is -2.51. The molecule has 0 aromatic carbocycles. The third kappa shape index (κ3) is 4.96. The van der Waals surface area contributed by atoms with Gasteiger partial charge in [0, 0.05) is 43.0 Å². The quantitative estimate of drug-likeness (QED) is 0.278. The van der Waals surface area contributed by atoms with E-state index in [2.05, 4.69) is 15.8 Å². The van der Waals surface area contributed by atoms with E-state index in [1.807, 2.05) is 38.8 Å². The number of nitrogens with one attached hydrogen (secondary N) is 2. The number of aromatic nitrogens is 2. The molecular formula is C22H33N7O3S3. The first-order valence-electron chi connectivity index (χ1n) is 11.7. The number of carbonyl (C=O) groups excluding carboxylic acids is 1. The molecule has 192 valence electrons. The second-order valence-electron chi connectivity index (χ2n) is 9.52. The molecule has 1 saturated carbocycles. The van der Waals surface area contributed by atoms with Gasteiger partial charge >= 0.3 is 0 Å². The summed E-state index contributed by atoms with van der Waals surface area (Å²) in [6, 6.07) is 1.56. The molecule has 1 unspecified atom stereocenters. The molecule has 2 aromatic rings. The number of thiophene rings is 1. The van der Waals surface area contributed by atoms with Gasteiger partial charge in [0.05, 0.1) is 5.69 Å². The van der Waals surface area contributed by atoms with Gasteiger partial charge in [-0.05, 0) is 70.7 Å². The monoisotopic (exact) mass is 539 g/mol. The Morgan fingerprint density at radius 3 is 2.57 bits per heavy atom. The number of nitrogens with two attached hydrogens (primary N) is 1. The average molecular weight is 540 g/mol. The average Bonchev–Trinajstić information content (AvgIpc) is 3.51. The molecule has 0 saturated heterocycles. The van der Waals surface area contributed by atoms with Gasteiger partial charge in [0.15, 0.2) is 5.11 Å². The molecule has 1 fully saturated rings. The van der Waals surface area contributed by atoms with Crippen LogP contribution >= 0.6 is 23.6 Å². The third-order valence-electron chi connectivity index (χ3n) is 6.67. The van der Waals surface area contributed by atoms with E-state index < -0.39 is 10.0 Å². The van der Waals surface area contributed by atoms with Gasteiger partial charge in [-0.15, -0.1) is 11.3 Å². The van der Waals surface area contributed by atoms with Crippen molar-refractivity contribution in [3.8, 4) is 0 Å². The van der Waals surface area contributed by atoms with Crippen molar-refractivity contribution in [1.82, 2.24) is 19.5 Å². The minimum absolute atomic E-state index is 0.0307. The number of sulfonamides is 1. The number of anilines is 2. The normalized spacial score (nSPS) is 18.0. The molecule has 13 heteroatoms. The fourth-order valence-electron chi connectivity index (χ4n) is 4.44. The Hall–Kier alpha value is -2.06. The number of hydrogen-bond acceptors (Lipinski definition) is 7. The van der Waals surface area contributed by atoms with Crippen LogP contribution in [-0.2, 0) is 34.7 Å². The number of rotatable bonds is 7. The summed E-state index contributed by atoms with van der Waals surface area (Å²) < 4.78 is 30.7. The zero-order valence-electron chi connectivity index (χ0n) is 20.7. The van der Waals surface area contributed by atoms with Crippen LogP contribution in [0.25, 0.3) is 0 Å². The highest BCUT2D eigenvalue weighted by Gasteiger charge is 2.39. The van der Waals surface area contributed by atoms with Crippen molar-refractivity contribution in [3.63, 3.8) is 0 Å². The lowest BCUT2D eigenvalue weighted by atomic mass is 9.93. The third-order valence-corrected chi connectivity index (χ3v) is 10.5. The van der Waals surface area contributed by atoms with Crippen LogP contribution in [0.4, 0.5) is 10.8 Å². The topological polar surface area (TPSA) is 126 Å². The smallest absolute Gasteiger partial charge is 0.246 e. The molecule has 2 heterocycles. The van der Waals surface area contributed by atoms with Gasteiger partial charge in [-0.25, -0.2) is 14.3 Å². The van der Waals surface area contributed by atoms with Crippen molar-refractivity contribution in [3.05, 3.63) is 22.2 Å². The maximum Gasteiger partial charge on any atom is 0.246 e. The van der Waals surface area contributed by atoms with Crippen LogP contribution in [0, 0.1) is 12.8 Å². The molecule has 0 radical (unpaired) electrons. The van der Waals surface area contributed by atoms with Crippen LogP contribution in [0.5, 0.6) is 0 Å². The van der Waals surface area contributed by atoms with Crippen LogP contribution in [0.15, 0.2) is 11.0 Å². The Bertz CT molecular complexity index is 1250. The first-order valence-corrected chi connectivity index (χ1v) is 14.4. The van der Waals surface area contributed by atoms with Gasteiger partial charge in [0.25, 0.3) is 0 Å². The van der Waals surface area contributed by atoms with Crippen LogP contribution < -0.4 is 21.5 Å². The van der Waals surface area contributed by atoms with E-state index in [0.717, 1.165) is 41.2 Å². The Balaban J connectivity index is 1.78. The fraction of sp³-hybridized carbons (Fsp3) is 0.591. The van der Waals surface area contributed by atoms with Crippen molar-refractivity contribution in [2.24, 2.45) is 18.8 Å². The lowest BCUT2D eigenvalue weighted by molar-refractivity contribution is -0.117. The predicted molar refractivity (Wildman–Crippen MR) is 142 cm³/mol. The Kier molecular flexibility index (Phi) is 7.26. The number of thiocarbonyl (C=S) groups is 1. The van der Waals surface area contributed by atoms with Crippen LogP contribution in [-0.4, -0.2) is 52.7 Å². The maximum atomic E-state index is 13.8. The summed E-state index contributed by atoms with van der Waals surface area (Å²) in [4.78, 5) is 15.7. The first kappa shape index (κ1) is 26.0. The summed E-state index contributed by atoms with van der Waals surface area (Å²) in [5.41, 5.74) is 4.17. The molecule has 35 heavy (non-hydrogen) atoms. The van der Waals surface area contributed by atoms with Crippen molar-refractivity contribution in [2.45, 2.75) is 69.9 Å². The molecule has 1 amide bonds. The van der Waals surface area contributed by atoms with Crippen molar-refractivity contribution < 1.29 is 13.2 Å². The molecular weight excluding hydrogens is 506 g/mol. The van der Waals surface area contributed by atoms with E-state index in [4.69, 9.17) is 18.1 Å². The van der Waals surface area contributed by atoms with Crippen molar-refractivity contribution in [2.75, 3.05) is 17.3 Å². The molecule has 2 aromatic heterocycles. The van der Waals surface area contributed by atoms with Gasteiger partial charge in [-0.3, -0.25) is 14.4 Å². The van der Waals surface area contributed by atoms with Crippen molar-refractivity contribution >= 4 is 55.4 Å². The zero-order chi connectivity index (χ0) is 25.7. The van der Waals surface area contributed by atoms with Gasteiger partial charge in [-0.1, -0.05) is 0 Å². The molecule has 0 bridgehead atoms. The highest BCUT2D eigenvalue weighted by molar-refractivity contribution is 7.89. The summed E-state index contributed by atoms with van der Waals surface area (Å²) in [6.07, 6.45) is 3.54. The van der Waals surface area contributed by atoms with E-state index in [9.17, 15) is 13.2 Å². The predicted octanol–water partition coefficient (Wildman–Crippen LogP) is 2.28. The summed E-state index contributed by atoms with van der Waals surface area (Å²) in [5.74, 6) is 6.36. The summed E-state index contributed by atoms with van der Waals surface area (Å²) in [5, 5.41) is 8.14. The van der Waals surface area contributed by atoms with E-state index in [1.165, 1.54) is 15.6 Å². The largest absolute Gasteiger partial charge is 0.316 e. The molecule has 1 atom stereocenters. The highest BCUT2D eigenvalue weighted by Crippen LogP contribution is 2.44. The Morgan fingerprint density at radius 1 is 1.34 bits per heavy atom. The number of amides is 1. The summed E-state index contributed by atoms with van der Waals surface area (Å²) in [7, 11) is -0.424. The number of aryl methyl sites for hydroxylation is 3. The second-order valence-corrected chi connectivity index (χ2v) is 13.0. The lowest BCUT2D eigenvalue weighted by Gasteiger charge is -2.35. The molecule has 2 aliphatic rings. The van der Waals surface area contributed by atoms with Gasteiger partial charge in [0.1, 0.15) is 15.7 Å². The van der Waals surface area contributed by atoms with Gasteiger partial charge in [0.2, 0.25) is 15.9 Å². The molecule has 0 spiro atoms. The second kappa shape index (κ2) is 9.77. The fourth-order valence-corrected chi connectivity index (χ4v) is 7.98. The number of nitrogens with zero attached hydrogens (tertiary/aromatic N) is 4. The molecule has 10 nitrogen and oxygen atoms in total. The zero-order valence-corrected chi connectivity index (χ0v) is 23.1. The van der Waals surface area contributed by atoms with Gasteiger partial charge in [-0.2, -0.15) is 9.40 Å². The number of hydrogen-bond donors (Lipinski definition) is 3. The standard InChI is InChI=1S/C22H33N7O3S3/c1-12(2)28(5)35(31,32)19-16-11-15(29(22(33)25-23)18-10-13(3)26-27(18)4)8-9-17(16)34-21(19)24-20(30)14-6-7-14/h10,12,14-15H,6-9,11,23H2,1-5H3,(H,24,30)(H,25,33). The number of carbonyl (C=O) groups is 1. The molecule has 4 rings (SSSR count). The number of hydrazine groups is 1. The van der Waals surface area contributed by atoms with E-state index in [1.54, 1.807) is 11.7 Å². The van der Waals surface area contributed by atoms with Gasteiger partial charge < -0.3 is 10.7 Å². The minimum atomic E-state index is -3.84. The minimum Gasteiger partial charge on any atom is -0.316 e. The summed E-state index contributed by atoms with van der Waals surface area (Å²) in [6.45, 7) is 5.57. The van der Waals surface area contributed by atoms with Crippen LogP contribution in [0.3, 0.4) is 0 Å². The van der Waals surface area contributed by atoms with E-state index in [0.29, 0.717) is 23.0 Å². The highest BCUT2D eigenvalue weighted by atomic mass is 32.2. The SMILES string of the molecule is Cc1cc(N(C(=S)NN)C2CCc3sc(NC(=O)C4CC4)c(S(=O)(=O)N(C)C(C)C)c3C2)n(C)n1. The summed E-state index contributed by atoms with van der Waals surface area (Å²) >= 11 is 6.93. The van der Waals surface area contributed by atoms with E-state index in [-0.39, 0.29) is 28.8 Å². The van der Waals surface area contributed by atoms with E-state index >= 15 is 0 Å². The van der Waals surface area contributed by atoms with Crippen molar-refractivity contribution in [1.29, 1.82) is 0 Å². The molecule has 0 aliphatic heterocycles. The van der Waals surface area contributed by atoms with Crippen LogP contribution in [0.2, 0.25) is 0 Å².